The highest BCUT2D eigenvalue weighted by molar-refractivity contribution is 6.28. The summed E-state index contributed by atoms with van der Waals surface area (Å²) in [5.74, 6) is 0. The highest BCUT2D eigenvalue weighted by atomic mass is 15.2. The van der Waals surface area contributed by atoms with Crippen LogP contribution in [0.2, 0.25) is 0 Å². The summed E-state index contributed by atoms with van der Waals surface area (Å²) in [7, 11) is 2.22. The molecule has 1 radical (unpaired) electrons. The summed E-state index contributed by atoms with van der Waals surface area (Å²) in [5, 5.41) is 0. The summed E-state index contributed by atoms with van der Waals surface area (Å²) in [6.45, 7) is 13.2. The average Bonchev–Trinajstić information content (AvgIpc) is 2.07. The molecule has 0 unspecified atom stereocenters. The maximum absolute atomic E-state index is 2.31. The number of hydrogen-bond acceptors (Lipinski definition) is 2. The van der Waals surface area contributed by atoms with Gasteiger partial charge in [0.15, 0.2) is 0 Å². The SMILES string of the molecule is CCN([B]N(CC)CC)CC. The van der Waals surface area contributed by atoms with Gasteiger partial charge in [-0.2, -0.15) is 0 Å². The van der Waals surface area contributed by atoms with Crippen molar-refractivity contribution in [2.45, 2.75) is 27.7 Å². The third-order valence-electron chi connectivity index (χ3n) is 1.95. The van der Waals surface area contributed by atoms with Crippen LogP contribution in [0.3, 0.4) is 0 Å². The first-order valence-corrected chi connectivity index (χ1v) is 4.61. The van der Waals surface area contributed by atoms with Crippen LogP contribution in [0, 0.1) is 0 Å². The molecule has 65 valence electrons. The molecule has 0 aliphatic carbocycles. The molecule has 0 aromatic carbocycles. The molecule has 0 aliphatic rings. The molecule has 0 N–H and O–H groups in total. The first-order chi connectivity index (χ1) is 5.28. The first-order valence-electron chi connectivity index (χ1n) is 4.61. The van der Waals surface area contributed by atoms with Gasteiger partial charge < -0.3 is 9.62 Å². The van der Waals surface area contributed by atoms with Crippen molar-refractivity contribution in [3.8, 4) is 0 Å². The molecule has 0 heterocycles. The van der Waals surface area contributed by atoms with Crippen molar-refractivity contribution in [2.75, 3.05) is 26.2 Å². The molecule has 0 bridgehead atoms. The third-order valence-corrected chi connectivity index (χ3v) is 1.95. The zero-order valence-electron chi connectivity index (χ0n) is 8.30. The van der Waals surface area contributed by atoms with E-state index in [0.717, 1.165) is 26.2 Å². The minimum atomic E-state index is 1.10. The highest BCUT2D eigenvalue weighted by Gasteiger charge is 2.07. The van der Waals surface area contributed by atoms with E-state index in [1.807, 2.05) is 0 Å². The summed E-state index contributed by atoms with van der Waals surface area (Å²) < 4.78 is 0. The van der Waals surface area contributed by atoms with Gasteiger partial charge in [0.1, 0.15) is 0 Å². The van der Waals surface area contributed by atoms with Crippen molar-refractivity contribution in [3.05, 3.63) is 0 Å². The van der Waals surface area contributed by atoms with Crippen LogP contribution in [0.5, 0.6) is 0 Å². The van der Waals surface area contributed by atoms with Crippen molar-refractivity contribution < 1.29 is 0 Å². The van der Waals surface area contributed by atoms with Gasteiger partial charge in [-0.15, -0.1) is 0 Å². The van der Waals surface area contributed by atoms with Gasteiger partial charge >= 0.3 is 7.55 Å². The first kappa shape index (κ1) is 11.0. The fourth-order valence-electron chi connectivity index (χ4n) is 1.00. The summed E-state index contributed by atoms with van der Waals surface area (Å²) in [5.41, 5.74) is 0. The van der Waals surface area contributed by atoms with Gasteiger partial charge in [-0.05, 0) is 26.2 Å². The van der Waals surface area contributed by atoms with Crippen LogP contribution >= 0.6 is 0 Å². The predicted molar refractivity (Wildman–Crippen MR) is 51.6 cm³/mol. The smallest absolute Gasteiger partial charge is 0.313 e. The average molecular weight is 155 g/mol. The molecule has 0 atom stereocenters. The number of rotatable bonds is 6. The van der Waals surface area contributed by atoms with Crippen molar-refractivity contribution in [1.82, 2.24) is 9.62 Å². The lowest BCUT2D eigenvalue weighted by Gasteiger charge is -2.24. The Labute approximate surface area is 71.8 Å². The zero-order chi connectivity index (χ0) is 8.69. The van der Waals surface area contributed by atoms with Gasteiger partial charge in [0.05, 0.1) is 0 Å². The third kappa shape index (κ3) is 4.43. The van der Waals surface area contributed by atoms with Gasteiger partial charge in [-0.3, -0.25) is 0 Å². The Balaban J connectivity index is 3.58. The van der Waals surface area contributed by atoms with Crippen LogP contribution in [-0.4, -0.2) is 43.4 Å². The Morgan fingerprint density at radius 1 is 0.727 bits per heavy atom. The Bertz CT molecular complexity index is 70.2. The molecule has 0 saturated carbocycles. The van der Waals surface area contributed by atoms with Gasteiger partial charge in [0.2, 0.25) is 0 Å². The highest BCUT2D eigenvalue weighted by Crippen LogP contribution is 1.89. The zero-order valence-corrected chi connectivity index (χ0v) is 8.30. The lowest BCUT2D eigenvalue weighted by molar-refractivity contribution is 0.401. The quantitative estimate of drug-likeness (QED) is 0.532. The normalized spacial score (nSPS) is 11.1. The molecular formula is C8H20BN2. The fourth-order valence-corrected chi connectivity index (χ4v) is 1.00. The molecule has 0 aromatic heterocycles. The van der Waals surface area contributed by atoms with Crippen molar-refractivity contribution >= 4 is 7.55 Å². The second-order valence-electron chi connectivity index (χ2n) is 2.56. The van der Waals surface area contributed by atoms with Gasteiger partial charge in [-0.1, -0.05) is 27.7 Å². The van der Waals surface area contributed by atoms with Crippen LogP contribution in [-0.2, 0) is 0 Å². The molecule has 11 heavy (non-hydrogen) atoms. The molecular weight excluding hydrogens is 135 g/mol. The van der Waals surface area contributed by atoms with Crippen LogP contribution in [0.15, 0.2) is 0 Å². The molecule has 0 saturated heterocycles. The molecule has 0 fully saturated rings. The fraction of sp³-hybridized carbons (Fsp3) is 1.00. The molecule has 2 nitrogen and oxygen atoms in total. The molecule has 0 spiro atoms. The van der Waals surface area contributed by atoms with Gasteiger partial charge in [0, 0.05) is 0 Å². The maximum atomic E-state index is 2.31. The van der Waals surface area contributed by atoms with E-state index >= 15 is 0 Å². The standard InChI is InChI=1S/C8H20BN2/c1-5-10(6-2)9-11(7-3)8-4/h5-8H2,1-4H3. The second-order valence-corrected chi connectivity index (χ2v) is 2.56. The summed E-state index contributed by atoms with van der Waals surface area (Å²) in [6.07, 6.45) is 0. The number of nitrogens with zero attached hydrogens (tertiary/aromatic N) is 2. The van der Waals surface area contributed by atoms with E-state index in [1.54, 1.807) is 0 Å². The lowest BCUT2D eigenvalue weighted by Crippen LogP contribution is -2.41. The van der Waals surface area contributed by atoms with Crippen LogP contribution in [0.4, 0.5) is 0 Å². The van der Waals surface area contributed by atoms with E-state index in [4.69, 9.17) is 0 Å². The minimum absolute atomic E-state index is 1.10. The van der Waals surface area contributed by atoms with Crippen molar-refractivity contribution in [3.63, 3.8) is 0 Å². The van der Waals surface area contributed by atoms with Gasteiger partial charge in [0.25, 0.3) is 0 Å². The molecule has 0 rings (SSSR count). The summed E-state index contributed by atoms with van der Waals surface area (Å²) in [6, 6.07) is 0. The number of hydrogen-bond donors (Lipinski definition) is 0. The summed E-state index contributed by atoms with van der Waals surface area (Å²) >= 11 is 0. The summed E-state index contributed by atoms with van der Waals surface area (Å²) in [4.78, 5) is 4.62. The molecule has 0 aromatic rings. The lowest BCUT2D eigenvalue weighted by atomic mass is 10.0. The Morgan fingerprint density at radius 3 is 1.18 bits per heavy atom. The largest absolute Gasteiger partial charge is 0.332 e. The molecule has 3 heteroatoms. The van der Waals surface area contributed by atoms with Crippen LogP contribution in [0.1, 0.15) is 27.7 Å². The molecule has 0 amide bonds. The Hall–Kier alpha value is -0.0151. The Kier molecular flexibility index (Phi) is 6.67. The van der Waals surface area contributed by atoms with Gasteiger partial charge in [-0.25, -0.2) is 0 Å². The van der Waals surface area contributed by atoms with Crippen LogP contribution in [0.25, 0.3) is 0 Å². The van der Waals surface area contributed by atoms with Crippen molar-refractivity contribution in [2.24, 2.45) is 0 Å². The molecule has 0 aliphatic heterocycles. The van der Waals surface area contributed by atoms with E-state index < -0.39 is 0 Å². The second kappa shape index (κ2) is 6.68. The van der Waals surface area contributed by atoms with E-state index in [0.29, 0.717) is 0 Å². The minimum Gasteiger partial charge on any atom is -0.332 e. The van der Waals surface area contributed by atoms with Crippen molar-refractivity contribution in [1.29, 1.82) is 0 Å². The predicted octanol–water partition coefficient (Wildman–Crippen LogP) is 1.20. The van der Waals surface area contributed by atoms with E-state index in [1.165, 1.54) is 0 Å². The monoisotopic (exact) mass is 155 g/mol. The van der Waals surface area contributed by atoms with Crippen LogP contribution < -0.4 is 0 Å². The maximum Gasteiger partial charge on any atom is 0.313 e. The topological polar surface area (TPSA) is 6.48 Å². The Morgan fingerprint density at radius 2 is 1.00 bits per heavy atom. The van der Waals surface area contributed by atoms with E-state index in [2.05, 4.69) is 44.9 Å². The van der Waals surface area contributed by atoms with E-state index in [9.17, 15) is 0 Å². The van der Waals surface area contributed by atoms with E-state index in [-0.39, 0.29) is 0 Å².